The van der Waals surface area contributed by atoms with Gasteiger partial charge >= 0.3 is 0 Å². The maximum Gasteiger partial charge on any atom is 0.252 e. The lowest BCUT2D eigenvalue weighted by Gasteiger charge is -2.36. The average Bonchev–Trinajstić information content (AvgIpc) is 3.52. The molecule has 228 valence electrons. The Morgan fingerprint density at radius 3 is 2.29 bits per heavy atom. The Kier molecular flexibility index (Phi) is 12.0. The van der Waals surface area contributed by atoms with Crippen molar-refractivity contribution in [1.82, 2.24) is 20.5 Å². The number of nitrogens with one attached hydrogen (secondary N) is 2. The van der Waals surface area contributed by atoms with Crippen LogP contribution in [0.4, 0.5) is 4.39 Å². The zero-order valence-corrected chi connectivity index (χ0v) is 26.2. The number of rotatable bonds is 10. The highest BCUT2D eigenvalue weighted by atomic mass is 32.1. The minimum Gasteiger partial charge on any atom is -0.391 e. The van der Waals surface area contributed by atoms with E-state index in [9.17, 15) is 23.9 Å². The summed E-state index contributed by atoms with van der Waals surface area (Å²) in [5.74, 6) is -0.691. The minimum atomic E-state index is -1.55. The monoisotopic (exact) mass is 592 g/mol. The zero-order chi connectivity index (χ0) is 31.0. The highest BCUT2D eigenvalue weighted by molar-refractivity contribution is 7.13. The van der Waals surface area contributed by atoms with Gasteiger partial charge in [-0.25, -0.2) is 9.37 Å². The number of aryl methyl sites for hydroxylation is 1. The third kappa shape index (κ3) is 10.8. The van der Waals surface area contributed by atoms with Crippen molar-refractivity contribution in [2.75, 3.05) is 19.7 Å². The van der Waals surface area contributed by atoms with Crippen LogP contribution in [0.2, 0.25) is 0 Å². The van der Waals surface area contributed by atoms with E-state index in [2.05, 4.69) is 27.8 Å². The Labute approximate surface area is 246 Å². The molecule has 0 radical (unpaired) electrons. The van der Waals surface area contributed by atoms with Gasteiger partial charge in [0.05, 0.1) is 28.8 Å². The van der Waals surface area contributed by atoms with E-state index in [0.29, 0.717) is 25.9 Å². The number of carbonyl (C=O) groups excluding carboxylic acids is 3. The molecule has 0 saturated carbocycles. The van der Waals surface area contributed by atoms with E-state index in [1.54, 1.807) is 30.1 Å². The second-order valence-corrected chi connectivity index (χ2v) is 13.3. The third-order valence-corrected chi connectivity index (χ3v) is 7.52. The number of likely N-dealkylation sites (tertiary alicyclic amines) is 1. The number of aliphatic hydroxyl groups excluding tert-OH is 1. The van der Waals surface area contributed by atoms with Crippen LogP contribution >= 0.6 is 11.3 Å². The van der Waals surface area contributed by atoms with E-state index in [4.69, 9.17) is 4.74 Å². The molecule has 1 aliphatic rings. The summed E-state index contributed by atoms with van der Waals surface area (Å²) in [7, 11) is 0. The number of benzene rings is 1. The van der Waals surface area contributed by atoms with Crippen molar-refractivity contribution in [3.05, 3.63) is 41.0 Å². The Balaban J connectivity index is 0.000000314. The summed E-state index contributed by atoms with van der Waals surface area (Å²) in [5, 5.41) is 15.1. The van der Waals surface area contributed by atoms with E-state index < -0.39 is 34.7 Å². The predicted molar refractivity (Wildman–Crippen MR) is 159 cm³/mol. The molecule has 0 bridgehead atoms. The number of carbonyl (C=O) groups is 3. The van der Waals surface area contributed by atoms with Gasteiger partial charge in [0.15, 0.2) is 0 Å². The van der Waals surface area contributed by atoms with E-state index in [1.165, 1.54) is 24.3 Å². The van der Waals surface area contributed by atoms with Crippen molar-refractivity contribution in [1.29, 1.82) is 0 Å². The van der Waals surface area contributed by atoms with Crippen LogP contribution in [0.5, 0.6) is 0 Å². The summed E-state index contributed by atoms with van der Waals surface area (Å²) in [4.78, 5) is 42.6. The van der Waals surface area contributed by atoms with Crippen LogP contribution in [0, 0.1) is 12.3 Å². The topological polar surface area (TPSA) is 121 Å². The lowest BCUT2D eigenvalue weighted by molar-refractivity contribution is -0.152. The first-order chi connectivity index (χ1) is 18.9. The van der Waals surface area contributed by atoms with Gasteiger partial charge in [-0.3, -0.25) is 14.4 Å². The van der Waals surface area contributed by atoms with E-state index in [-0.39, 0.29) is 19.1 Å². The highest BCUT2D eigenvalue weighted by Crippen LogP contribution is 2.27. The molecule has 3 rings (SSSR count). The number of aromatic nitrogens is 1. The van der Waals surface area contributed by atoms with Gasteiger partial charge in [0, 0.05) is 19.6 Å². The van der Waals surface area contributed by atoms with Crippen molar-refractivity contribution in [2.24, 2.45) is 5.41 Å². The van der Waals surface area contributed by atoms with Crippen molar-refractivity contribution in [3.8, 4) is 10.4 Å². The van der Waals surface area contributed by atoms with E-state index >= 15 is 0 Å². The molecule has 9 nitrogen and oxygen atoms in total. The molecule has 1 saturated heterocycles. The van der Waals surface area contributed by atoms with Crippen molar-refractivity contribution < 1.29 is 28.6 Å². The van der Waals surface area contributed by atoms with Crippen molar-refractivity contribution >= 4 is 29.6 Å². The quantitative estimate of drug-likeness (QED) is 0.359. The van der Waals surface area contributed by atoms with Crippen LogP contribution in [0.1, 0.15) is 66.1 Å². The van der Waals surface area contributed by atoms with Crippen LogP contribution in [0.25, 0.3) is 10.4 Å². The van der Waals surface area contributed by atoms with Crippen LogP contribution in [-0.4, -0.2) is 76.3 Å². The second kappa shape index (κ2) is 14.3. The average molecular weight is 593 g/mol. The van der Waals surface area contributed by atoms with Crippen LogP contribution in [-0.2, 0) is 25.7 Å². The first-order valence-corrected chi connectivity index (χ1v) is 14.6. The molecular weight excluding hydrogens is 547 g/mol. The number of β-amino-alcohol motifs (C(OH)–C–C–N with tert-alkyl or cyclic N) is 1. The molecule has 2 heterocycles. The predicted octanol–water partition coefficient (Wildman–Crippen LogP) is 4.02. The molecule has 2 atom stereocenters. The molecule has 2 unspecified atom stereocenters. The summed E-state index contributed by atoms with van der Waals surface area (Å²) in [6, 6.07) is 7.40. The van der Waals surface area contributed by atoms with Gasteiger partial charge in [0.2, 0.25) is 12.3 Å². The third-order valence-electron chi connectivity index (χ3n) is 6.54. The SMILES string of the molecule is CC(C)(F)COC(C)(C)C(=O)NC(C(=O)N1CCC(O)C1)C(C)(C)C.Cc1ncsc1-c1ccc(CNC=O)cc1. The van der Waals surface area contributed by atoms with Gasteiger partial charge in [-0.15, -0.1) is 11.3 Å². The number of amides is 3. The maximum atomic E-state index is 13.7. The summed E-state index contributed by atoms with van der Waals surface area (Å²) < 4.78 is 19.1. The summed E-state index contributed by atoms with van der Waals surface area (Å²) in [5.41, 5.74) is 1.85. The Hall–Kier alpha value is -2.89. The van der Waals surface area contributed by atoms with E-state index in [1.807, 2.05) is 45.3 Å². The van der Waals surface area contributed by atoms with Gasteiger partial charge in [-0.2, -0.15) is 0 Å². The minimum absolute atomic E-state index is 0.222. The number of thiazole rings is 1. The molecule has 1 aliphatic heterocycles. The van der Waals surface area contributed by atoms with Gasteiger partial charge in [-0.1, -0.05) is 45.0 Å². The molecule has 1 aromatic carbocycles. The number of halogens is 1. The second-order valence-electron chi connectivity index (χ2n) is 12.5. The van der Waals surface area contributed by atoms with E-state index in [0.717, 1.165) is 11.3 Å². The Bertz CT molecular complexity index is 1150. The summed E-state index contributed by atoms with van der Waals surface area (Å²) >= 11 is 1.64. The van der Waals surface area contributed by atoms with Gasteiger partial charge in [-0.05, 0) is 57.6 Å². The number of ether oxygens (including phenoxy) is 1. The molecular formula is C30H45FN4O5S. The fraction of sp³-hybridized carbons (Fsp3) is 0.600. The van der Waals surface area contributed by atoms with Crippen molar-refractivity contribution in [3.63, 3.8) is 0 Å². The molecule has 0 aliphatic carbocycles. The molecule has 1 aromatic heterocycles. The lowest BCUT2D eigenvalue weighted by Crippen LogP contribution is -2.58. The standard InChI is InChI=1S/C18H33FN2O4.C12H12N2OS/c1-16(2,3)13(14(23)21-9-8-12(22)10-21)20-15(24)18(6,7)25-11-17(4,5)19;1-9-12(16-8-14-9)11-4-2-10(3-5-11)6-13-7-15/h12-13,22H,8-11H2,1-7H3,(H,20,24);2-5,7-8H,6H2,1H3,(H,13,15). The summed E-state index contributed by atoms with van der Waals surface area (Å²) in [6.07, 6.45) is 0.727. The van der Waals surface area contributed by atoms with Gasteiger partial charge in [0.25, 0.3) is 5.91 Å². The smallest absolute Gasteiger partial charge is 0.252 e. The zero-order valence-electron chi connectivity index (χ0n) is 25.4. The molecule has 3 amide bonds. The molecule has 11 heteroatoms. The number of alkyl halides is 1. The lowest BCUT2D eigenvalue weighted by atomic mass is 9.85. The molecule has 2 aromatic rings. The largest absolute Gasteiger partial charge is 0.391 e. The normalized spacial score (nSPS) is 16.4. The summed E-state index contributed by atoms with van der Waals surface area (Å²) in [6.45, 7) is 14.6. The van der Waals surface area contributed by atoms with Crippen LogP contribution < -0.4 is 10.6 Å². The van der Waals surface area contributed by atoms with Crippen LogP contribution in [0.3, 0.4) is 0 Å². The first-order valence-electron chi connectivity index (χ1n) is 13.7. The van der Waals surface area contributed by atoms with Crippen molar-refractivity contribution in [2.45, 2.75) is 91.8 Å². The van der Waals surface area contributed by atoms with Gasteiger partial charge < -0.3 is 25.4 Å². The first kappa shape index (κ1) is 34.3. The number of nitrogens with zero attached hydrogens (tertiary/aromatic N) is 2. The Morgan fingerprint density at radius 2 is 1.83 bits per heavy atom. The highest BCUT2D eigenvalue weighted by Gasteiger charge is 2.41. The van der Waals surface area contributed by atoms with Gasteiger partial charge in [0.1, 0.15) is 17.3 Å². The maximum absolute atomic E-state index is 13.7. The molecule has 0 spiro atoms. The number of hydrogen-bond acceptors (Lipinski definition) is 7. The fourth-order valence-electron chi connectivity index (χ4n) is 4.01. The molecule has 1 fully saturated rings. The van der Waals surface area contributed by atoms with Crippen LogP contribution in [0.15, 0.2) is 29.8 Å². The number of hydrogen-bond donors (Lipinski definition) is 3. The number of aliphatic hydroxyl groups is 1. The fourth-order valence-corrected chi connectivity index (χ4v) is 4.82. The molecule has 3 N–H and O–H groups in total. The molecule has 41 heavy (non-hydrogen) atoms. The Morgan fingerprint density at radius 1 is 1.20 bits per heavy atom.